The van der Waals surface area contributed by atoms with Gasteiger partial charge in [0.25, 0.3) is 5.91 Å². The molecule has 2 rings (SSSR count). The maximum atomic E-state index is 11.3. The second-order valence-corrected chi connectivity index (χ2v) is 4.50. The second-order valence-electron chi connectivity index (χ2n) is 4.50. The summed E-state index contributed by atoms with van der Waals surface area (Å²) in [7, 11) is 0. The first-order valence-corrected chi connectivity index (χ1v) is 6.25. The van der Waals surface area contributed by atoms with E-state index in [1.807, 2.05) is 30.3 Å². The van der Waals surface area contributed by atoms with Gasteiger partial charge in [-0.3, -0.25) is 14.9 Å². The minimum Gasteiger partial charge on any atom is -0.482 e. The summed E-state index contributed by atoms with van der Waals surface area (Å²) in [5.41, 5.74) is 6.07. The molecule has 0 atom stereocenters. The smallest absolute Gasteiger partial charge is 0.323 e. The standard InChI is InChI=1S/C15H14N2O4/c1-10-7-8-12(15(16)18)13(17(19)20)14(10)21-9-11-5-3-2-4-6-11/h2-8H,9H2,1H3,(H2,16,18). The van der Waals surface area contributed by atoms with Crippen molar-refractivity contribution in [2.75, 3.05) is 0 Å². The summed E-state index contributed by atoms with van der Waals surface area (Å²) in [4.78, 5) is 21.9. The minimum atomic E-state index is -0.855. The topological polar surface area (TPSA) is 95.5 Å². The van der Waals surface area contributed by atoms with E-state index >= 15 is 0 Å². The number of benzene rings is 2. The zero-order valence-corrected chi connectivity index (χ0v) is 11.4. The van der Waals surface area contributed by atoms with Crippen LogP contribution in [0.3, 0.4) is 0 Å². The number of hydrogen-bond donors (Lipinski definition) is 1. The number of carbonyl (C=O) groups excluding carboxylic acids is 1. The van der Waals surface area contributed by atoms with Crippen LogP contribution in [0, 0.1) is 17.0 Å². The summed E-state index contributed by atoms with van der Waals surface area (Å²) in [5.74, 6) is -0.786. The third kappa shape index (κ3) is 3.17. The average Bonchev–Trinajstić information content (AvgIpc) is 2.46. The van der Waals surface area contributed by atoms with E-state index in [9.17, 15) is 14.9 Å². The Balaban J connectivity index is 2.40. The number of nitrogens with two attached hydrogens (primary N) is 1. The van der Waals surface area contributed by atoms with Gasteiger partial charge >= 0.3 is 5.69 Å². The summed E-state index contributed by atoms with van der Waals surface area (Å²) in [5, 5.41) is 11.2. The lowest BCUT2D eigenvalue weighted by Gasteiger charge is -2.11. The summed E-state index contributed by atoms with van der Waals surface area (Å²) >= 11 is 0. The van der Waals surface area contributed by atoms with Gasteiger partial charge in [0.15, 0.2) is 0 Å². The number of primary amides is 1. The molecular formula is C15H14N2O4. The Labute approximate surface area is 121 Å². The van der Waals surface area contributed by atoms with Gasteiger partial charge < -0.3 is 10.5 Å². The molecule has 0 bridgehead atoms. The third-order valence-electron chi connectivity index (χ3n) is 3.00. The van der Waals surface area contributed by atoms with Gasteiger partial charge in [-0.2, -0.15) is 0 Å². The van der Waals surface area contributed by atoms with Gasteiger partial charge in [0, 0.05) is 0 Å². The molecule has 0 spiro atoms. The normalized spacial score (nSPS) is 10.1. The highest BCUT2D eigenvalue weighted by Gasteiger charge is 2.26. The third-order valence-corrected chi connectivity index (χ3v) is 3.00. The van der Waals surface area contributed by atoms with Gasteiger partial charge in [-0.05, 0) is 24.1 Å². The fourth-order valence-electron chi connectivity index (χ4n) is 1.96. The van der Waals surface area contributed by atoms with E-state index in [1.54, 1.807) is 13.0 Å². The molecule has 108 valence electrons. The van der Waals surface area contributed by atoms with Crippen LogP contribution in [0.4, 0.5) is 5.69 Å². The fourth-order valence-corrected chi connectivity index (χ4v) is 1.96. The van der Waals surface area contributed by atoms with Crippen LogP contribution in [0.1, 0.15) is 21.5 Å². The Morgan fingerprint density at radius 2 is 1.90 bits per heavy atom. The predicted molar refractivity (Wildman–Crippen MR) is 77.1 cm³/mol. The van der Waals surface area contributed by atoms with Gasteiger partial charge in [0.1, 0.15) is 12.2 Å². The first-order valence-electron chi connectivity index (χ1n) is 6.25. The molecule has 0 unspecified atom stereocenters. The molecular weight excluding hydrogens is 272 g/mol. The quantitative estimate of drug-likeness (QED) is 0.675. The Kier molecular flexibility index (Phi) is 4.18. The molecule has 6 nitrogen and oxygen atoms in total. The number of amides is 1. The van der Waals surface area contributed by atoms with E-state index in [0.29, 0.717) is 5.56 Å². The molecule has 0 aliphatic rings. The molecule has 6 heteroatoms. The van der Waals surface area contributed by atoms with Crippen molar-refractivity contribution < 1.29 is 14.5 Å². The van der Waals surface area contributed by atoms with Crippen molar-refractivity contribution in [3.8, 4) is 5.75 Å². The van der Waals surface area contributed by atoms with Crippen molar-refractivity contribution in [3.05, 3.63) is 69.3 Å². The van der Waals surface area contributed by atoms with Gasteiger partial charge in [-0.15, -0.1) is 0 Å². The number of ether oxygens (including phenoxy) is 1. The molecule has 0 radical (unpaired) electrons. The fraction of sp³-hybridized carbons (Fsp3) is 0.133. The van der Waals surface area contributed by atoms with Gasteiger partial charge in [0.05, 0.1) is 4.92 Å². The van der Waals surface area contributed by atoms with Crippen molar-refractivity contribution in [2.24, 2.45) is 5.73 Å². The van der Waals surface area contributed by atoms with E-state index < -0.39 is 16.5 Å². The van der Waals surface area contributed by atoms with Crippen molar-refractivity contribution in [1.29, 1.82) is 0 Å². The molecule has 0 aliphatic carbocycles. The minimum absolute atomic E-state index is 0.0696. The molecule has 0 saturated heterocycles. The van der Waals surface area contributed by atoms with Gasteiger partial charge in [0.2, 0.25) is 5.75 Å². The zero-order chi connectivity index (χ0) is 15.4. The lowest BCUT2D eigenvalue weighted by molar-refractivity contribution is -0.386. The van der Waals surface area contributed by atoms with Gasteiger partial charge in [-0.25, -0.2) is 0 Å². The van der Waals surface area contributed by atoms with Crippen molar-refractivity contribution in [3.63, 3.8) is 0 Å². The SMILES string of the molecule is Cc1ccc(C(N)=O)c([N+](=O)[O-])c1OCc1ccccc1. The second kappa shape index (κ2) is 6.04. The predicted octanol–water partition coefficient (Wildman–Crippen LogP) is 2.58. The van der Waals surface area contributed by atoms with Crippen molar-refractivity contribution in [2.45, 2.75) is 13.5 Å². The van der Waals surface area contributed by atoms with Crippen LogP contribution in [-0.2, 0) is 6.61 Å². The van der Waals surface area contributed by atoms with E-state index in [-0.39, 0.29) is 17.9 Å². The highest BCUT2D eigenvalue weighted by atomic mass is 16.6. The molecule has 0 fully saturated rings. The van der Waals surface area contributed by atoms with E-state index in [2.05, 4.69) is 0 Å². The van der Waals surface area contributed by atoms with Crippen molar-refractivity contribution >= 4 is 11.6 Å². The number of nitro groups is 1. The largest absolute Gasteiger partial charge is 0.482 e. The molecule has 0 heterocycles. The maximum absolute atomic E-state index is 11.3. The first-order chi connectivity index (χ1) is 10.0. The summed E-state index contributed by atoms with van der Waals surface area (Å²) in [6.45, 7) is 1.85. The Morgan fingerprint density at radius 1 is 1.24 bits per heavy atom. The van der Waals surface area contributed by atoms with E-state index in [0.717, 1.165) is 5.56 Å². The van der Waals surface area contributed by atoms with Crippen LogP contribution in [-0.4, -0.2) is 10.8 Å². The summed E-state index contributed by atoms with van der Waals surface area (Å²) in [6, 6.07) is 12.2. The highest BCUT2D eigenvalue weighted by molar-refractivity contribution is 5.98. The zero-order valence-electron chi connectivity index (χ0n) is 11.4. The lowest BCUT2D eigenvalue weighted by Crippen LogP contribution is -2.14. The Hall–Kier alpha value is -2.89. The van der Waals surface area contributed by atoms with Crippen LogP contribution in [0.25, 0.3) is 0 Å². The molecule has 0 saturated carbocycles. The van der Waals surface area contributed by atoms with Crippen molar-refractivity contribution in [1.82, 2.24) is 0 Å². The van der Waals surface area contributed by atoms with Crippen LogP contribution >= 0.6 is 0 Å². The van der Waals surface area contributed by atoms with Crippen LogP contribution in [0.15, 0.2) is 42.5 Å². The van der Waals surface area contributed by atoms with Gasteiger partial charge in [-0.1, -0.05) is 36.4 Å². The first kappa shape index (κ1) is 14.5. The van der Waals surface area contributed by atoms with E-state index in [1.165, 1.54) is 6.07 Å². The molecule has 1 amide bonds. The number of nitrogens with zero attached hydrogens (tertiary/aromatic N) is 1. The number of hydrogen-bond acceptors (Lipinski definition) is 4. The molecule has 0 aliphatic heterocycles. The lowest BCUT2D eigenvalue weighted by atomic mass is 10.1. The highest BCUT2D eigenvalue weighted by Crippen LogP contribution is 2.34. The number of aryl methyl sites for hydroxylation is 1. The number of carbonyl (C=O) groups is 1. The van der Waals surface area contributed by atoms with Crippen LogP contribution < -0.4 is 10.5 Å². The molecule has 21 heavy (non-hydrogen) atoms. The number of nitro benzene ring substituents is 1. The Morgan fingerprint density at radius 3 is 2.48 bits per heavy atom. The average molecular weight is 286 g/mol. The molecule has 2 aromatic carbocycles. The summed E-state index contributed by atoms with van der Waals surface area (Å²) < 4.78 is 5.56. The van der Waals surface area contributed by atoms with E-state index in [4.69, 9.17) is 10.5 Å². The molecule has 2 N–H and O–H groups in total. The van der Waals surface area contributed by atoms with Crippen LogP contribution in [0.5, 0.6) is 5.75 Å². The molecule has 0 aromatic heterocycles. The maximum Gasteiger partial charge on any atom is 0.323 e. The summed E-state index contributed by atoms with van der Waals surface area (Å²) in [6.07, 6.45) is 0. The number of rotatable bonds is 5. The monoisotopic (exact) mass is 286 g/mol. The van der Waals surface area contributed by atoms with Crippen LogP contribution in [0.2, 0.25) is 0 Å². The Bertz CT molecular complexity index is 684. The molecule has 2 aromatic rings.